The van der Waals surface area contributed by atoms with Crippen LogP contribution in [0.5, 0.6) is 0 Å². The Labute approximate surface area is 74.2 Å². The Hall–Kier alpha value is -0.920. The topological polar surface area (TPSA) is 20.2 Å². The van der Waals surface area contributed by atoms with E-state index in [1.165, 1.54) is 25.7 Å². The molecule has 0 aromatic carbocycles. The van der Waals surface area contributed by atoms with E-state index >= 15 is 0 Å². The number of hydrogen-bond donors (Lipinski definition) is 1. The van der Waals surface area contributed by atoms with Gasteiger partial charge in [0.25, 0.3) is 0 Å². The van der Waals surface area contributed by atoms with Gasteiger partial charge in [0.05, 0.1) is 0 Å². The molecule has 0 radical (unpaired) electrons. The van der Waals surface area contributed by atoms with E-state index in [4.69, 9.17) is 11.5 Å². The van der Waals surface area contributed by atoms with Gasteiger partial charge in [0.15, 0.2) is 0 Å². The number of aliphatic hydroxyl groups excluding tert-OH is 1. The van der Waals surface area contributed by atoms with Crippen molar-refractivity contribution in [3.63, 3.8) is 0 Å². The second kappa shape index (κ2) is 4.86. The number of rotatable bonds is 0. The largest absolute Gasteiger partial charge is 0.384 e. The highest BCUT2D eigenvalue weighted by molar-refractivity contribution is 5.08. The highest BCUT2D eigenvalue weighted by Crippen LogP contribution is 2.27. The first-order chi connectivity index (χ1) is 5.86. The van der Waals surface area contributed by atoms with E-state index < -0.39 is 0 Å². The van der Waals surface area contributed by atoms with Crippen LogP contribution in [0.2, 0.25) is 0 Å². The normalized spacial score (nSPS) is 19.3. The molecular weight excluding hydrogens is 148 g/mol. The molecule has 0 spiro atoms. The number of terminal acetylenes is 1. The molecule has 12 heavy (non-hydrogen) atoms. The second-order valence-electron chi connectivity index (χ2n) is 3.19. The van der Waals surface area contributed by atoms with Gasteiger partial charge >= 0.3 is 0 Å². The van der Waals surface area contributed by atoms with E-state index in [0.717, 1.165) is 0 Å². The third kappa shape index (κ3) is 4.83. The lowest BCUT2D eigenvalue weighted by molar-refractivity contribution is 0.350. The zero-order valence-electron chi connectivity index (χ0n) is 7.21. The van der Waals surface area contributed by atoms with E-state index in [0.29, 0.717) is 11.8 Å². The lowest BCUT2D eigenvalue weighted by atomic mass is 10.4. The molecule has 0 bridgehead atoms. The van der Waals surface area contributed by atoms with Gasteiger partial charge in [0, 0.05) is 11.8 Å². The summed E-state index contributed by atoms with van der Waals surface area (Å²) < 4.78 is 0. The molecule has 2 rings (SSSR count). The van der Waals surface area contributed by atoms with E-state index in [-0.39, 0.29) is 6.61 Å². The Bertz CT molecular complexity index is 218. The van der Waals surface area contributed by atoms with Gasteiger partial charge in [0.2, 0.25) is 0 Å². The summed E-state index contributed by atoms with van der Waals surface area (Å²) in [6.45, 7) is 0.0243. The van der Waals surface area contributed by atoms with E-state index in [1.807, 2.05) is 0 Å². The van der Waals surface area contributed by atoms with Gasteiger partial charge in [-0.15, -0.1) is 12.3 Å². The summed E-state index contributed by atoms with van der Waals surface area (Å²) in [6.07, 6.45) is 10.0. The van der Waals surface area contributed by atoms with E-state index in [1.54, 1.807) is 0 Å². The van der Waals surface area contributed by atoms with Crippen molar-refractivity contribution in [1.82, 2.24) is 0 Å². The van der Waals surface area contributed by atoms with Crippen molar-refractivity contribution in [1.29, 1.82) is 0 Å². The predicted molar refractivity (Wildman–Crippen MR) is 49.1 cm³/mol. The van der Waals surface area contributed by atoms with Crippen LogP contribution in [0.1, 0.15) is 25.7 Å². The van der Waals surface area contributed by atoms with Gasteiger partial charge in [-0.25, -0.2) is 0 Å². The van der Waals surface area contributed by atoms with Crippen molar-refractivity contribution in [3.8, 4) is 24.2 Å². The van der Waals surface area contributed by atoms with Gasteiger partial charge in [-0.3, -0.25) is 0 Å². The standard InChI is InChI=1S/C6H8O.C5H6/c7-5-1-2-6-3-4-6;1-2-5-3-4-5/h6-7H,3-5H2;1,5H,3-4H2. The molecule has 0 aromatic heterocycles. The predicted octanol–water partition coefficient (Wildman–Crippen LogP) is 1.42. The van der Waals surface area contributed by atoms with Crippen molar-refractivity contribution in [3.05, 3.63) is 0 Å². The second-order valence-corrected chi connectivity index (χ2v) is 3.19. The van der Waals surface area contributed by atoms with Crippen LogP contribution < -0.4 is 0 Å². The molecule has 0 atom stereocenters. The molecule has 0 amide bonds. The fourth-order valence-corrected chi connectivity index (χ4v) is 0.668. The third-order valence-corrected chi connectivity index (χ3v) is 1.78. The fraction of sp³-hybridized carbons (Fsp3) is 0.636. The van der Waals surface area contributed by atoms with Crippen LogP contribution in [0, 0.1) is 36.0 Å². The Kier molecular flexibility index (Phi) is 3.71. The molecule has 64 valence electrons. The summed E-state index contributed by atoms with van der Waals surface area (Å²) in [5.74, 6) is 9.45. The maximum atomic E-state index is 8.17. The summed E-state index contributed by atoms with van der Waals surface area (Å²) in [7, 11) is 0. The molecule has 2 aliphatic carbocycles. The monoisotopic (exact) mass is 162 g/mol. The van der Waals surface area contributed by atoms with Crippen molar-refractivity contribution in [2.75, 3.05) is 6.61 Å². The highest BCUT2D eigenvalue weighted by atomic mass is 16.2. The lowest BCUT2D eigenvalue weighted by Gasteiger charge is -1.68. The molecule has 0 unspecified atom stereocenters. The SMILES string of the molecule is C#CC1CC1.OCC#CC1CC1. The molecule has 0 saturated heterocycles. The average Bonchev–Trinajstić information content (AvgIpc) is 2.94. The zero-order valence-corrected chi connectivity index (χ0v) is 7.21. The van der Waals surface area contributed by atoms with Crippen molar-refractivity contribution < 1.29 is 5.11 Å². The van der Waals surface area contributed by atoms with Crippen LogP contribution in [0.25, 0.3) is 0 Å². The fourth-order valence-electron chi connectivity index (χ4n) is 0.668. The summed E-state index contributed by atoms with van der Waals surface area (Å²) in [4.78, 5) is 0. The third-order valence-electron chi connectivity index (χ3n) is 1.78. The number of aliphatic hydroxyl groups is 1. The van der Waals surface area contributed by atoms with Gasteiger partial charge in [-0.1, -0.05) is 11.8 Å². The molecule has 2 fully saturated rings. The lowest BCUT2D eigenvalue weighted by Crippen LogP contribution is -1.71. The zero-order chi connectivity index (χ0) is 8.81. The molecular formula is C11H14O. The summed E-state index contributed by atoms with van der Waals surface area (Å²) in [5.41, 5.74) is 0. The maximum Gasteiger partial charge on any atom is 0.104 e. The maximum absolute atomic E-state index is 8.17. The Morgan fingerprint density at radius 1 is 1.17 bits per heavy atom. The molecule has 2 aliphatic rings. The van der Waals surface area contributed by atoms with E-state index in [9.17, 15) is 0 Å². The Morgan fingerprint density at radius 3 is 2.00 bits per heavy atom. The summed E-state index contributed by atoms with van der Waals surface area (Å²) in [5, 5.41) is 8.17. The minimum atomic E-state index is 0.0243. The smallest absolute Gasteiger partial charge is 0.104 e. The van der Waals surface area contributed by atoms with Gasteiger partial charge in [-0.05, 0) is 25.7 Å². The Balaban J connectivity index is 0.000000127. The van der Waals surface area contributed by atoms with Crippen molar-refractivity contribution in [2.45, 2.75) is 25.7 Å². The number of hydrogen-bond acceptors (Lipinski definition) is 1. The van der Waals surface area contributed by atoms with E-state index in [2.05, 4.69) is 17.8 Å². The summed E-state index contributed by atoms with van der Waals surface area (Å²) in [6, 6.07) is 0. The minimum Gasteiger partial charge on any atom is -0.384 e. The first-order valence-corrected chi connectivity index (χ1v) is 4.42. The average molecular weight is 162 g/mol. The summed E-state index contributed by atoms with van der Waals surface area (Å²) >= 11 is 0. The molecule has 0 aliphatic heterocycles. The van der Waals surface area contributed by atoms with Crippen LogP contribution in [-0.4, -0.2) is 11.7 Å². The molecule has 0 aromatic rings. The molecule has 1 heteroatoms. The van der Waals surface area contributed by atoms with Crippen LogP contribution in [0.3, 0.4) is 0 Å². The molecule has 2 saturated carbocycles. The van der Waals surface area contributed by atoms with Gasteiger partial charge < -0.3 is 5.11 Å². The van der Waals surface area contributed by atoms with Crippen LogP contribution in [0.4, 0.5) is 0 Å². The quantitative estimate of drug-likeness (QED) is 0.534. The van der Waals surface area contributed by atoms with Crippen LogP contribution in [-0.2, 0) is 0 Å². The van der Waals surface area contributed by atoms with Crippen LogP contribution >= 0.6 is 0 Å². The van der Waals surface area contributed by atoms with Crippen LogP contribution in [0.15, 0.2) is 0 Å². The Morgan fingerprint density at radius 2 is 1.75 bits per heavy atom. The molecule has 1 nitrogen and oxygen atoms in total. The molecule has 1 N–H and O–H groups in total. The van der Waals surface area contributed by atoms with Gasteiger partial charge in [-0.2, -0.15) is 0 Å². The first kappa shape index (κ1) is 9.17. The minimum absolute atomic E-state index is 0.0243. The van der Waals surface area contributed by atoms with Crippen molar-refractivity contribution >= 4 is 0 Å². The van der Waals surface area contributed by atoms with Crippen molar-refractivity contribution in [2.24, 2.45) is 11.8 Å². The van der Waals surface area contributed by atoms with Gasteiger partial charge in [0.1, 0.15) is 6.61 Å². The highest BCUT2D eigenvalue weighted by Gasteiger charge is 2.17. The molecule has 0 heterocycles. The first-order valence-electron chi connectivity index (χ1n) is 4.42.